The summed E-state index contributed by atoms with van der Waals surface area (Å²) in [7, 11) is 0. The number of amides is 2. The number of benzene rings is 1. The molecule has 2 aliphatic heterocycles. The summed E-state index contributed by atoms with van der Waals surface area (Å²) in [4.78, 5) is 37.8. The third-order valence-electron chi connectivity index (χ3n) is 4.49. The molecular weight excluding hydrogens is 347 g/mol. The minimum Gasteiger partial charge on any atom is -0.451 e. The maximum absolute atomic E-state index is 12.9. The van der Waals surface area contributed by atoms with Crippen molar-refractivity contribution in [2.45, 2.75) is 43.7 Å². The number of nitrogens with zero attached hydrogens (tertiary/aromatic N) is 1. The van der Waals surface area contributed by atoms with Crippen molar-refractivity contribution in [3.8, 4) is 0 Å². The molecule has 1 N–H and O–H groups in total. The summed E-state index contributed by atoms with van der Waals surface area (Å²) >= 11 is 1.56. The molecule has 25 heavy (non-hydrogen) atoms. The molecule has 8 heteroatoms. The topological polar surface area (TPSA) is 75.7 Å². The van der Waals surface area contributed by atoms with Gasteiger partial charge < -0.3 is 15.0 Å². The minimum absolute atomic E-state index is 0.0575. The highest BCUT2D eigenvalue weighted by Crippen LogP contribution is 2.47. The summed E-state index contributed by atoms with van der Waals surface area (Å²) < 4.78 is 18.1. The molecule has 1 aromatic carbocycles. The second kappa shape index (κ2) is 6.67. The summed E-state index contributed by atoms with van der Waals surface area (Å²) in [5.74, 6) is -1.09. The Bertz CT molecular complexity index is 711. The first-order chi connectivity index (χ1) is 11.8. The number of carbonyl (C=O) groups is 3. The SMILES string of the molecule is C[C@H](OC(=O)[C@@H]1CS[C@@]2(C)CCC(=O)N12)C(=O)Nc1ccc(F)cc1. The molecule has 0 saturated carbocycles. The average Bonchev–Trinajstić information content (AvgIpc) is 3.06. The molecule has 0 unspecified atom stereocenters. The van der Waals surface area contributed by atoms with Gasteiger partial charge in [0.2, 0.25) is 5.91 Å². The number of fused-ring (bicyclic) bond motifs is 1. The van der Waals surface area contributed by atoms with Crippen LogP contribution >= 0.6 is 11.8 Å². The van der Waals surface area contributed by atoms with Gasteiger partial charge in [-0.05, 0) is 44.5 Å². The van der Waals surface area contributed by atoms with Gasteiger partial charge in [-0.15, -0.1) is 11.8 Å². The second-order valence-electron chi connectivity index (χ2n) is 6.34. The number of rotatable bonds is 4. The number of anilines is 1. The molecule has 3 atom stereocenters. The highest BCUT2D eigenvalue weighted by Gasteiger charge is 2.53. The Morgan fingerprint density at radius 2 is 2.08 bits per heavy atom. The summed E-state index contributed by atoms with van der Waals surface area (Å²) in [5.41, 5.74) is 0.410. The number of hydrogen-bond donors (Lipinski definition) is 1. The number of ether oxygens (including phenoxy) is 1. The van der Waals surface area contributed by atoms with Crippen LogP contribution in [0.1, 0.15) is 26.7 Å². The molecule has 134 valence electrons. The van der Waals surface area contributed by atoms with Gasteiger partial charge in [0.1, 0.15) is 11.9 Å². The first-order valence-electron chi connectivity index (χ1n) is 8.03. The van der Waals surface area contributed by atoms with Crippen molar-refractivity contribution in [3.63, 3.8) is 0 Å². The number of hydrogen-bond acceptors (Lipinski definition) is 5. The third kappa shape index (κ3) is 3.49. The summed E-state index contributed by atoms with van der Waals surface area (Å²) in [6.07, 6.45) is 0.113. The maximum Gasteiger partial charge on any atom is 0.330 e. The standard InChI is InChI=1S/C17H19FN2O4S/c1-10(15(22)19-12-5-3-11(18)4-6-12)24-16(23)13-9-25-17(2)8-7-14(21)20(13)17/h3-6,10,13H,7-9H2,1-2H3,(H,19,22)/t10-,13-,17-/m0/s1. The molecule has 0 bridgehead atoms. The normalized spacial score (nSPS) is 26.3. The van der Waals surface area contributed by atoms with Gasteiger partial charge in [0.05, 0.1) is 4.87 Å². The molecule has 2 amide bonds. The summed E-state index contributed by atoms with van der Waals surface area (Å²) in [6.45, 7) is 3.41. The van der Waals surface area contributed by atoms with Gasteiger partial charge in [-0.2, -0.15) is 0 Å². The molecule has 0 aromatic heterocycles. The largest absolute Gasteiger partial charge is 0.451 e. The first kappa shape index (κ1) is 17.7. The van der Waals surface area contributed by atoms with Gasteiger partial charge in [-0.3, -0.25) is 9.59 Å². The Kier molecular flexibility index (Phi) is 4.73. The van der Waals surface area contributed by atoms with Crippen molar-refractivity contribution in [2.24, 2.45) is 0 Å². The van der Waals surface area contributed by atoms with Gasteiger partial charge in [-0.25, -0.2) is 9.18 Å². The number of nitrogens with one attached hydrogen (secondary N) is 1. The Labute approximate surface area is 149 Å². The predicted octanol–water partition coefficient (Wildman–Crippen LogP) is 2.15. The minimum atomic E-state index is -1.02. The maximum atomic E-state index is 12.9. The first-order valence-corrected chi connectivity index (χ1v) is 9.02. The van der Waals surface area contributed by atoms with Crippen LogP contribution in [-0.4, -0.2) is 45.5 Å². The average molecular weight is 366 g/mol. The van der Waals surface area contributed by atoms with Crippen LogP contribution in [0, 0.1) is 5.82 Å². The third-order valence-corrected chi connectivity index (χ3v) is 6.00. The Hall–Kier alpha value is -2.09. The molecule has 0 radical (unpaired) electrons. The molecule has 0 spiro atoms. The lowest BCUT2D eigenvalue weighted by Gasteiger charge is -2.29. The number of esters is 1. The van der Waals surface area contributed by atoms with Crippen molar-refractivity contribution >= 4 is 35.2 Å². The molecule has 1 aromatic rings. The fourth-order valence-corrected chi connectivity index (χ4v) is 4.50. The van der Waals surface area contributed by atoms with Crippen LogP contribution in [0.15, 0.2) is 24.3 Å². The van der Waals surface area contributed by atoms with Crippen molar-refractivity contribution in [1.29, 1.82) is 0 Å². The van der Waals surface area contributed by atoms with Crippen LogP contribution in [0.3, 0.4) is 0 Å². The highest BCUT2D eigenvalue weighted by atomic mass is 32.2. The molecule has 0 aliphatic carbocycles. The highest BCUT2D eigenvalue weighted by molar-refractivity contribution is 8.01. The van der Waals surface area contributed by atoms with Crippen molar-refractivity contribution in [2.75, 3.05) is 11.1 Å². The molecule has 2 aliphatic rings. The van der Waals surface area contributed by atoms with Gasteiger partial charge >= 0.3 is 5.97 Å². The van der Waals surface area contributed by atoms with Crippen LogP contribution in [0.2, 0.25) is 0 Å². The molecule has 2 heterocycles. The molecule has 3 rings (SSSR count). The lowest BCUT2D eigenvalue weighted by atomic mass is 10.2. The van der Waals surface area contributed by atoms with E-state index >= 15 is 0 Å². The van der Waals surface area contributed by atoms with E-state index in [1.807, 2.05) is 6.92 Å². The fourth-order valence-electron chi connectivity index (χ4n) is 3.08. The predicted molar refractivity (Wildman–Crippen MR) is 91.3 cm³/mol. The molecule has 6 nitrogen and oxygen atoms in total. The molecule has 2 fully saturated rings. The quantitative estimate of drug-likeness (QED) is 0.827. The van der Waals surface area contributed by atoms with Gasteiger partial charge in [0, 0.05) is 17.9 Å². The molecular formula is C17H19FN2O4S. The van der Waals surface area contributed by atoms with E-state index < -0.39 is 29.8 Å². The smallest absolute Gasteiger partial charge is 0.330 e. The zero-order chi connectivity index (χ0) is 18.2. The van der Waals surface area contributed by atoms with Crippen molar-refractivity contribution in [3.05, 3.63) is 30.1 Å². The monoisotopic (exact) mass is 366 g/mol. The van der Waals surface area contributed by atoms with Crippen molar-refractivity contribution < 1.29 is 23.5 Å². The lowest BCUT2D eigenvalue weighted by Crippen LogP contribution is -2.48. The van der Waals surface area contributed by atoms with E-state index in [1.54, 1.807) is 16.7 Å². The number of carbonyl (C=O) groups excluding carboxylic acids is 3. The fraction of sp³-hybridized carbons (Fsp3) is 0.471. The van der Waals surface area contributed by atoms with E-state index in [0.717, 1.165) is 0 Å². The zero-order valence-corrected chi connectivity index (χ0v) is 14.8. The van der Waals surface area contributed by atoms with Gasteiger partial charge in [0.25, 0.3) is 5.91 Å². The van der Waals surface area contributed by atoms with Crippen LogP contribution < -0.4 is 5.32 Å². The second-order valence-corrected chi connectivity index (χ2v) is 7.84. The van der Waals surface area contributed by atoms with E-state index in [4.69, 9.17) is 4.74 Å². The number of halogens is 1. The van der Waals surface area contributed by atoms with E-state index in [1.165, 1.54) is 31.2 Å². The van der Waals surface area contributed by atoms with Crippen LogP contribution in [-0.2, 0) is 19.1 Å². The zero-order valence-electron chi connectivity index (χ0n) is 14.0. The van der Waals surface area contributed by atoms with Crippen LogP contribution in [0.4, 0.5) is 10.1 Å². The van der Waals surface area contributed by atoms with E-state index in [9.17, 15) is 18.8 Å². The van der Waals surface area contributed by atoms with E-state index in [-0.39, 0.29) is 10.8 Å². The van der Waals surface area contributed by atoms with E-state index in [2.05, 4.69) is 5.32 Å². The Balaban J connectivity index is 1.59. The Morgan fingerprint density at radius 3 is 2.76 bits per heavy atom. The van der Waals surface area contributed by atoms with E-state index in [0.29, 0.717) is 24.3 Å². The van der Waals surface area contributed by atoms with Gasteiger partial charge in [0.15, 0.2) is 6.10 Å². The van der Waals surface area contributed by atoms with Crippen LogP contribution in [0.5, 0.6) is 0 Å². The summed E-state index contributed by atoms with van der Waals surface area (Å²) in [6, 6.07) is 4.63. The number of thioether (sulfide) groups is 1. The van der Waals surface area contributed by atoms with Gasteiger partial charge in [-0.1, -0.05) is 0 Å². The molecule has 2 saturated heterocycles. The summed E-state index contributed by atoms with van der Waals surface area (Å²) in [5, 5.41) is 2.56. The van der Waals surface area contributed by atoms with Crippen LogP contribution in [0.25, 0.3) is 0 Å². The lowest BCUT2D eigenvalue weighted by molar-refractivity contribution is -0.160. The van der Waals surface area contributed by atoms with Crippen molar-refractivity contribution in [1.82, 2.24) is 4.90 Å². The Morgan fingerprint density at radius 1 is 1.40 bits per heavy atom.